The second-order valence-electron chi connectivity index (χ2n) is 5.58. The normalized spacial score (nSPS) is 26.7. The Bertz CT molecular complexity index is 475. The van der Waals surface area contributed by atoms with E-state index in [1.54, 1.807) is 0 Å². The van der Waals surface area contributed by atoms with Crippen LogP contribution in [0.2, 0.25) is 0 Å². The van der Waals surface area contributed by atoms with E-state index in [0.717, 1.165) is 6.42 Å². The Kier molecular flexibility index (Phi) is 4.53. The van der Waals surface area contributed by atoms with Gasteiger partial charge in [-0.15, -0.1) is 0 Å². The molecule has 0 radical (unpaired) electrons. The Labute approximate surface area is 142 Å². The summed E-state index contributed by atoms with van der Waals surface area (Å²) in [5, 5.41) is 0. The summed E-state index contributed by atoms with van der Waals surface area (Å²) in [5.74, 6) is 0. The minimum absolute atomic E-state index is 0.115. The van der Waals surface area contributed by atoms with Crippen LogP contribution in [0.15, 0.2) is 37.5 Å². The van der Waals surface area contributed by atoms with Gasteiger partial charge in [0, 0.05) is 13.6 Å². The summed E-state index contributed by atoms with van der Waals surface area (Å²) in [5.41, 5.74) is 1.41. The molecule has 0 aromatic heterocycles. The highest BCUT2D eigenvalue weighted by molar-refractivity contribution is 14.1. The van der Waals surface area contributed by atoms with E-state index in [4.69, 9.17) is 4.74 Å². The van der Waals surface area contributed by atoms with Crippen LogP contribution < -0.4 is 0 Å². The number of halogens is 2. The molecule has 1 spiro atoms. The summed E-state index contributed by atoms with van der Waals surface area (Å²) >= 11 is 5.00. The molecule has 19 heavy (non-hydrogen) atoms. The maximum absolute atomic E-state index is 6.61. The molecule has 0 amide bonds. The molecule has 1 aromatic carbocycles. The van der Waals surface area contributed by atoms with E-state index in [1.807, 2.05) is 0 Å². The highest BCUT2D eigenvalue weighted by atomic mass is 127. The summed E-state index contributed by atoms with van der Waals surface area (Å²) in [6.07, 6.45) is 7.75. The molecule has 1 atom stereocenters. The van der Waals surface area contributed by atoms with Gasteiger partial charge in [0.15, 0.2) is 0 Å². The fourth-order valence-electron chi connectivity index (χ4n) is 3.19. The first-order valence-corrected chi connectivity index (χ1v) is 9.13. The maximum Gasteiger partial charge on any atom is 0.115 e. The van der Waals surface area contributed by atoms with Gasteiger partial charge in [-0.2, -0.15) is 0 Å². The molecule has 1 nitrogen and oxygen atoms in total. The molecular weight excluding hydrogens is 462 g/mol. The molecule has 1 aliphatic heterocycles. The molecule has 2 aliphatic rings. The highest BCUT2D eigenvalue weighted by Gasteiger charge is 2.41. The average molecular weight is 480 g/mol. The molecule has 1 aromatic rings. The van der Waals surface area contributed by atoms with Gasteiger partial charge in [0.05, 0.1) is 5.60 Å². The van der Waals surface area contributed by atoms with Crippen molar-refractivity contribution in [3.05, 3.63) is 43.1 Å². The topological polar surface area (TPSA) is 9.23 Å². The number of rotatable bonds is 1. The number of hydrogen-bond acceptors (Lipinski definition) is 1. The van der Waals surface area contributed by atoms with Gasteiger partial charge in [-0.25, -0.2) is 0 Å². The Hall–Kier alpha value is 0.380. The summed E-state index contributed by atoms with van der Waals surface area (Å²) in [4.78, 5) is 0. The summed E-state index contributed by atoms with van der Waals surface area (Å²) < 4.78 is 9.49. The summed E-state index contributed by atoms with van der Waals surface area (Å²) in [7, 11) is 0. The van der Waals surface area contributed by atoms with Gasteiger partial charge >= 0.3 is 0 Å². The smallest absolute Gasteiger partial charge is 0.115 e. The van der Waals surface area contributed by atoms with Gasteiger partial charge in [0.2, 0.25) is 0 Å². The lowest BCUT2D eigenvalue weighted by molar-refractivity contribution is -0.106. The lowest BCUT2D eigenvalue weighted by atomic mass is 9.80. The molecule has 102 valence electrons. The van der Waals surface area contributed by atoms with Crippen molar-refractivity contribution in [2.45, 2.75) is 50.2 Å². The van der Waals surface area contributed by atoms with E-state index in [-0.39, 0.29) is 11.7 Å². The van der Waals surface area contributed by atoms with E-state index in [0.29, 0.717) is 0 Å². The van der Waals surface area contributed by atoms with Crippen LogP contribution in [-0.4, -0.2) is 5.60 Å². The van der Waals surface area contributed by atoms with Gasteiger partial charge in [0.25, 0.3) is 0 Å². The van der Waals surface area contributed by atoms with Crippen LogP contribution in [-0.2, 0) is 4.74 Å². The van der Waals surface area contributed by atoms with Crippen LogP contribution >= 0.6 is 45.2 Å². The van der Waals surface area contributed by atoms with Crippen LogP contribution in [0.4, 0.5) is 0 Å². The SMILES string of the molecule is IC1=C(I)C(c2ccccc2)OC2(CCCCC2)C1. The standard InChI is InChI=1S/C16H18I2O/c17-13-11-16(9-5-2-6-10-16)19-15(14(13)18)12-7-3-1-4-8-12/h1,3-4,7-8,15H,2,5-6,9-11H2. The zero-order valence-electron chi connectivity index (χ0n) is 10.9. The molecule has 1 heterocycles. The largest absolute Gasteiger partial charge is 0.361 e. The molecule has 0 saturated heterocycles. The lowest BCUT2D eigenvalue weighted by Gasteiger charge is -2.44. The van der Waals surface area contributed by atoms with Crippen LogP contribution in [0, 0.1) is 0 Å². The minimum atomic E-state index is 0.115. The van der Waals surface area contributed by atoms with Gasteiger partial charge < -0.3 is 4.74 Å². The second kappa shape index (κ2) is 6.02. The van der Waals surface area contributed by atoms with E-state index in [2.05, 4.69) is 75.5 Å². The maximum atomic E-state index is 6.61. The third-order valence-electron chi connectivity index (χ3n) is 4.20. The van der Waals surface area contributed by atoms with Gasteiger partial charge in [-0.1, -0.05) is 49.6 Å². The lowest BCUT2D eigenvalue weighted by Crippen LogP contribution is -2.39. The van der Waals surface area contributed by atoms with Crippen LogP contribution in [0.1, 0.15) is 50.2 Å². The molecule has 1 aliphatic carbocycles. The first-order valence-electron chi connectivity index (χ1n) is 6.97. The van der Waals surface area contributed by atoms with Crippen molar-refractivity contribution in [2.75, 3.05) is 0 Å². The molecule has 0 N–H and O–H groups in total. The Morgan fingerprint density at radius 2 is 1.68 bits per heavy atom. The van der Waals surface area contributed by atoms with E-state index < -0.39 is 0 Å². The molecular formula is C16H18I2O. The fraction of sp³-hybridized carbons (Fsp3) is 0.500. The van der Waals surface area contributed by atoms with Crippen molar-refractivity contribution in [1.29, 1.82) is 0 Å². The van der Waals surface area contributed by atoms with Crippen LogP contribution in [0.5, 0.6) is 0 Å². The third kappa shape index (κ3) is 3.02. The van der Waals surface area contributed by atoms with Crippen molar-refractivity contribution in [1.82, 2.24) is 0 Å². The summed E-state index contributed by atoms with van der Waals surface area (Å²) in [6.45, 7) is 0. The monoisotopic (exact) mass is 480 g/mol. The predicted molar refractivity (Wildman–Crippen MR) is 95.8 cm³/mol. The van der Waals surface area contributed by atoms with E-state index in [1.165, 1.54) is 44.8 Å². The average Bonchev–Trinajstić information content (AvgIpc) is 2.45. The second-order valence-corrected chi connectivity index (χ2v) is 8.05. The highest BCUT2D eigenvalue weighted by Crippen LogP contribution is 2.50. The summed E-state index contributed by atoms with van der Waals surface area (Å²) in [6, 6.07) is 10.7. The van der Waals surface area contributed by atoms with Gasteiger partial charge in [-0.05, 0) is 63.6 Å². The zero-order valence-corrected chi connectivity index (χ0v) is 15.2. The minimum Gasteiger partial charge on any atom is -0.361 e. The van der Waals surface area contributed by atoms with Crippen LogP contribution in [0.25, 0.3) is 0 Å². The zero-order chi connectivity index (χ0) is 13.3. The van der Waals surface area contributed by atoms with E-state index >= 15 is 0 Å². The Morgan fingerprint density at radius 3 is 2.37 bits per heavy atom. The van der Waals surface area contributed by atoms with Crippen molar-refractivity contribution >= 4 is 45.2 Å². The van der Waals surface area contributed by atoms with Crippen LogP contribution in [0.3, 0.4) is 0 Å². The number of benzene rings is 1. The van der Waals surface area contributed by atoms with E-state index in [9.17, 15) is 0 Å². The molecule has 1 saturated carbocycles. The third-order valence-corrected chi connectivity index (χ3v) is 7.41. The molecule has 0 bridgehead atoms. The van der Waals surface area contributed by atoms with Crippen molar-refractivity contribution in [3.8, 4) is 0 Å². The molecule has 1 fully saturated rings. The Balaban J connectivity index is 1.93. The molecule has 3 heteroatoms. The molecule has 3 rings (SSSR count). The number of ether oxygens (including phenoxy) is 1. The van der Waals surface area contributed by atoms with Gasteiger partial charge in [-0.3, -0.25) is 0 Å². The Morgan fingerprint density at radius 1 is 1.00 bits per heavy atom. The fourth-order valence-corrected chi connectivity index (χ4v) is 4.84. The van der Waals surface area contributed by atoms with Crippen molar-refractivity contribution in [3.63, 3.8) is 0 Å². The first kappa shape index (κ1) is 14.3. The molecule has 1 unspecified atom stereocenters. The van der Waals surface area contributed by atoms with Crippen molar-refractivity contribution < 1.29 is 4.74 Å². The quantitative estimate of drug-likeness (QED) is 0.453. The predicted octanol–water partition coefficient (Wildman–Crippen LogP) is 5.93. The first-order chi connectivity index (χ1) is 9.20. The van der Waals surface area contributed by atoms with Gasteiger partial charge in [0.1, 0.15) is 6.10 Å². The number of hydrogen-bond donors (Lipinski definition) is 0. The van der Waals surface area contributed by atoms with Crippen molar-refractivity contribution in [2.24, 2.45) is 0 Å².